The highest BCUT2D eigenvalue weighted by Gasteiger charge is 2.24. The average molecular weight is 228 g/mol. The molecule has 0 aromatic carbocycles. The quantitative estimate of drug-likeness (QED) is 0.733. The van der Waals surface area contributed by atoms with Crippen molar-refractivity contribution in [3.05, 3.63) is 0 Å². The second kappa shape index (κ2) is 6.44. The van der Waals surface area contributed by atoms with Gasteiger partial charge in [0, 0.05) is 12.6 Å². The second-order valence-electron chi connectivity index (χ2n) is 4.86. The Morgan fingerprint density at radius 3 is 2.73 bits per heavy atom. The lowest BCUT2D eigenvalue weighted by Crippen LogP contribution is -2.43. The molecule has 1 aliphatic rings. The second-order valence-corrected chi connectivity index (χ2v) is 5.39. The highest BCUT2D eigenvalue weighted by Crippen LogP contribution is 2.27. The van der Waals surface area contributed by atoms with E-state index in [0.29, 0.717) is 4.99 Å². The maximum absolute atomic E-state index is 5.65. The predicted octanol–water partition coefficient (Wildman–Crippen LogP) is 2.56. The van der Waals surface area contributed by atoms with Crippen LogP contribution in [-0.2, 0) is 0 Å². The van der Waals surface area contributed by atoms with Gasteiger partial charge < -0.3 is 5.73 Å². The molecule has 2 nitrogen and oxygen atoms in total. The summed E-state index contributed by atoms with van der Waals surface area (Å²) in [6, 6.07) is 0.718. The van der Waals surface area contributed by atoms with Gasteiger partial charge in [-0.2, -0.15) is 0 Å². The van der Waals surface area contributed by atoms with E-state index in [9.17, 15) is 0 Å². The van der Waals surface area contributed by atoms with Crippen LogP contribution in [0.2, 0.25) is 0 Å². The molecule has 2 N–H and O–H groups in total. The molecule has 1 aliphatic carbocycles. The van der Waals surface area contributed by atoms with Crippen LogP contribution in [0, 0.1) is 5.92 Å². The minimum atomic E-state index is 0.640. The van der Waals surface area contributed by atoms with Crippen molar-refractivity contribution in [1.29, 1.82) is 0 Å². The van der Waals surface area contributed by atoms with Gasteiger partial charge in [-0.15, -0.1) is 0 Å². The molecule has 1 rings (SSSR count). The monoisotopic (exact) mass is 228 g/mol. The Hall–Kier alpha value is -0.150. The molecule has 0 spiro atoms. The summed E-state index contributed by atoms with van der Waals surface area (Å²) < 4.78 is 0. The molecule has 0 heterocycles. The summed E-state index contributed by atoms with van der Waals surface area (Å²) in [7, 11) is 0. The van der Waals surface area contributed by atoms with Gasteiger partial charge in [0.15, 0.2) is 0 Å². The van der Waals surface area contributed by atoms with E-state index in [0.717, 1.165) is 25.0 Å². The molecular weight excluding hydrogens is 204 g/mol. The lowest BCUT2D eigenvalue weighted by atomic mass is 9.86. The molecule has 2 unspecified atom stereocenters. The van der Waals surface area contributed by atoms with Gasteiger partial charge in [0.2, 0.25) is 0 Å². The van der Waals surface area contributed by atoms with E-state index >= 15 is 0 Å². The van der Waals surface area contributed by atoms with Crippen molar-refractivity contribution in [3.63, 3.8) is 0 Å². The van der Waals surface area contributed by atoms with Gasteiger partial charge in [-0.25, -0.2) is 0 Å². The number of nitrogens with zero attached hydrogens (tertiary/aromatic N) is 1. The molecular formula is C12H24N2S. The van der Waals surface area contributed by atoms with Gasteiger partial charge in [0.1, 0.15) is 0 Å². The van der Waals surface area contributed by atoms with Gasteiger partial charge >= 0.3 is 0 Å². The molecule has 0 bridgehead atoms. The van der Waals surface area contributed by atoms with E-state index < -0.39 is 0 Å². The first-order chi connectivity index (χ1) is 7.13. The number of thiocarbonyl (C=S) groups is 1. The third-order valence-corrected chi connectivity index (χ3v) is 3.42. The standard InChI is InChI=1S/C12H24N2S/c1-3-7-14(9-12(13)15)11-6-4-5-10(2)8-11/h10-11H,3-9H2,1-2H3,(H2,13,15). The minimum Gasteiger partial charge on any atom is -0.392 e. The third kappa shape index (κ3) is 4.47. The first kappa shape index (κ1) is 12.9. The number of nitrogens with two attached hydrogens (primary N) is 1. The fourth-order valence-electron chi connectivity index (χ4n) is 2.61. The Labute approximate surface area is 99.2 Å². The zero-order valence-electron chi connectivity index (χ0n) is 10.0. The predicted molar refractivity (Wildman–Crippen MR) is 70.1 cm³/mol. The Bertz CT molecular complexity index is 206. The molecule has 0 aliphatic heterocycles. The first-order valence-electron chi connectivity index (χ1n) is 6.15. The minimum absolute atomic E-state index is 0.640. The molecule has 15 heavy (non-hydrogen) atoms. The van der Waals surface area contributed by atoms with E-state index in [4.69, 9.17) is 18.0 Å². The van der Waals surface area contributed by atoms with Gasteiger partial charge in [0.05, 0.1) is 4.99 Å². The van der Waals surface area contributed by atoms with Crippen molar-refractivity contribution in [2.75, 3.05) is 13.1 Å². The number of hydrogen-bond acceptors (Lipinski definition) is 2. The van der Waals surface area contributed by atoms with Crippen LogP contribution in [0.25, 0.3) is 0 Å². The maximum atomic E-state index is 5.65. The summed E-state index contributed by atoms with van der Waals surface area (Å²) >= 11 is 5.02. The van der Waals surface area contributed by atoms with E-state index in [1.54, 1.807) is 0 Å². The molecule has 0 saturated heterocycles. The fraction of sp³-hybridized carbons (Fsp3) is 0.917. The summed E-state index contributed by atoms with van der Waals surface area (Å²) in [6.07, 6.45) is 6.59. The van der Waals surface area contributed by atoms with Gasteiger partial charge in [-0.05, 0) is 31.7 Å². The van der Waals surface area contributed by atoms with E-state index in [-0.39, 0.29) is 0 Å². The van der Waals surface area contributed by atoms with Crippen LogP contribution in [0.1, 0.15) is 46.0 Å². The van der Waals surface area contributed by atoms with Crippen LogP contribution in [0.4, 0.5) is 0 Å². The Morgan fingerprint density at radius 2 is 2.20 bits per heavy atom. The van der Waals surface area contributed by atoms with Gasteiger partial charge in [-0.1, -0.05) is 38.9 Å². The topological polar surface area (TPSA) is 29.3 Å². The third-order valence-electron chi connectivity index (χ3n) is 3.29. The fourth-order valence-corrected chi connectivity index (χ4v) is 2.78. The zero-order chi connectivity index (χ0) is 11.3. The normalized spacial score (nSPS) is 26.9. The summed E-state index contributed by atoms with van der Waals surface area (Å²) in [4.78, 5) is 3.12. The SMILES string of the molecule is CCCN(CC(N)=S)C1CCCC(C)C1. The zero-order valence-corrected chi connectivity index (χ0v) is 10.9. The molecule has 2 atom stereocenters. The van der Waals surface area contributed by atoms with Crippen molar-refractivity contribution in [1.82, 2.24) is 4.90 Å². The van der Waals surface area contributed by atoms with Crippen LogP contribution >= 0.6 is 12.2 Å². The summed E-state index contributed by atoms with van der Waals surface area (Å²) in [5, 5.41) is 0. The molecule has 0 radical (unpaired) electrons. The number of hydrogen-bond donors (Lipinski definition) is 1. The highest BCUT2D eigenvalue weighted by molar-refractivity contribution is 7.80. The van der Waals surface area contributed by atoms with E-state index in [1.807, 2.05) is 0 Å². The van der Waals surface area contributed by atoms with Crippen molar-refractivity contribution < 1.29 is 0 Å². The van der Waals surface area contributed by atoms with Crippen molar-refractivity contribution in [2.24, 2.45) is 11.7 Å². The average Bonchev–Trinajstić information content (AvgIpc) is 2.16. The van der Waals surface area contributed by atoms with Crippen LogP contribution in [-0.4, -0.2) is 29.0 Å². The van der Waals surface area contributed by atoms with Crippen LogP contribution in [0.15, 0.2) is 0 Å². The van der Waals surface area contributed by atoms with E-state index in [2.05, 4.69) is 18.7 Å². The smallest absolute Gasteiger partial charge is 0.0870 e. The van der Waals surface area contributed by atoms with Gasteiger partial charge in [-0.3, -0.25) is 4.90 Å². The van der Waals surface area contributed by atoms with Crippen LogP contribution in [0.3, 0.4) is 0 Å². The maximum Gasteiger partial charge on any atom is 0.0870 e. The first-order valence-corrected chi connectivity index (χ1v) is 6.56. The Morgan fingerprint density at radius 1 is 1.47 bits per heavy atom. The van der Waals surface area contributed by atoms with Crippen molar-refractivity contribution >= 4 is 17.2 Å². The van der Waals surface area contributed by atoms with E-state index in [1.165, 1.54) is 32.1 Å². The number of rotatable bonds is 5. The molecule has 3 heteroatoms. The molecule has 0 aromatic heterocycles. The largest absolute Gasteiger partial charge is 0.392 e. The lowest BCUT2D eigenvalue weighted by Gasteiger charge is -2.36. The summed E-state index contributed by atoms with van der Waals surface area (Å²) in [5.74, 6) is 0.870. The summed E-state index contributed by atoms with van der Waals surface area (Å²) in [5.41, 5.74) is 5.65. The van der Waals surface area contributed by atoms with Gasteiger partial charge in [0.25, 0.3) is 0 Å². The summed E-state index contributed by atoms with van der Waals surface area (Å²) in [6.45, 7) is 6.52. The molecule has 88 valence electrons. The molecule has 0 amide bonds. The van der Waals surface area contributed by atoms with Crippen molar-refractivity contribution in [2.45, 2.75) is 52.0 Å². The Balaban J connectivity index is 2.49. The molecule has 1 saturated carbocycles. The highest BCUT2D eigenvalue weighted by atomic mass is 32.1. The van der Waals surface area contributed by atoms with Crippen molar-refractivity contribution in [3.8, 4) is 0 Å². The molecule has 1 fully saturated rings. The van der Waals surface area contributed by atoms with Crippen LogP contribution in [0.5, 0.6) is 0 Å². The Kier molecular flexibility index (Phi) is 5.54. The lowest BCUT2D eigenvalue weighted by molar-refractivity contribution is 0.152. The molecule has 0 aromatic rings. The van der Waals surface area contributed by atoms with Crippen LogP contribution < -0.4 is 5.73 Å².